The summed E-state index contributed by atoms with van der Waals surface area (Å²) in [5.41, 5.74) is 6.78. The third-order valence-corrected chi connectivity index (χ3v) is 3.71. The molecule has 0 bridgehead atoms. The number of allylic oxidation sites excluding steroid dienone is 4. The van der Waals surface area contributed by atoms with Gasteiger partial charge in [-0.2, -0.15) is 35.9 Å². The second-order valence-electron chi connectivity index (χ2n) is 6.37. The second kappa shape index (κ2) is 12.6. The van der Waals surface area contributed by atoms with E-state index in [1.165, 1.54) is 51.7 Å². The first-order valence-corrected chi connectivity index (χ1v) is 10.1. The molecule has 0 aliphatic heterocycles. The molecular formula is C23H24Cl2Hf-2. The summed E-state index contributed by atoms with van der Waals surface area (Å²) in [5.74, 6) is 0.556. The van der Waals surface area contributed by atoms with Gasteiger partial charge in [-0.25, -0.2) is 11.6 Å². The molecule has 0 N–H and O–H groups in total. The topological polar surface area (TPSA) is 0 Å². The van der Waals surface area contributed by atoms with E-state index in [2.05, 4.69) is 88.4 Å². The number of fused-ring (bicyclic) bond motifs is 3. The van der Waals surface area contributed by atoms with E-state index in [1.807, 2.05) is 6.07 Å². The van der Waals surface area contributed by atoms with Crippen molar-refractivity contribution >= 4 is 3.26 Å². The maximum atomic E-state index is 3.30. The number of hydrogen-bond acceptors (Lipinski definition) is 0. The molecule has 3 heteroatoms. The van der Waals surface area contributed by atoms with Gasteiger partial charge in [-0.05, 0) is 6.42 Å². The fourth-order valence-electron chi connectivity index (χ4n) is 2.74. The van der Waals surface area contributed by atoms with Crippen LogP contribution in [0.1, 0.15) is 38.8 Å². The predicted octanol–water partition coefficient (Wildman–Crippen LogP) is -0.247. The summed E-state index contributed by atoms with van der Waals surface area (Å²) in [6.45, 7) is 8.49. The van der Waals surface area contributed by atoms with E-state index >= 15 is 0 Å². The van der Waals surface area contributed by atoms with E-state index in [4.69, 9.17) is 0 Å². The summed E-state index contributed by atoms with van der Waals surface area (Å²) in [4.78, 5) is 0. The molecule has 0 spiro atoms. The van der Waals surface area contributed by atoms with E-state index in [9.17, 15) is 0 Å². The quantitative estimate of drug-likeness (QED) is 0.268. The van der Waals surface area contributed by atoms with Crippen molar-refractivity contribution in [1.82, 2.24) is 0 Å². The first-order valence-electron chi connectivity index (χ1n) is 8.35. The Labute approximate surface area is 185 Å². The minimum Gasteiger partial charge on any atom is -1.00 e. The van der Waals surface area contributed by atoms with Gasteiger partial charge >= 0.3 is 41.0 Å². The van der Waals surface area contributed by atoms with Crippen LogP contribution in [0.4, 0.5) is 0 Å². The van der Waals surface area contributed by atoms with E-state index in [1.54, 1.807) is 3.26 Å². The first kappa shape index (κ1) is 25.2. The average molecular weight is 550 g/mol. The summed E-state index contributed by atoms with van der Waals surface area (Å²) in [7, 11) is 0. The van der Waals surface area contributed by atoms with Gasteiger partial charge in [0, 0.05) is 0 Å². The van der Waals surface area contributed by atoms with Crippen LogP contribution in [0.5, 0.6) is 0 Å². The van der Waals surface area contributed by atoms with Crippen molar-refractivity contribution < 1.29 is 48.7 Å². The van der Waals surface area contributed by atoms with Crippen molar-refractivity contribution in [3.05, 3.63) is 83.5 Å². The molecule has 1 unspecified atom stereocenters. The molecule has 2 aliphatic carbocycles. The minimum atomic E-state index is 0. The van der Waals surface area contributed by atoms with Gasteiger partial charge in [0.1, 0.15) is 0 Å². The van der Waals surface area contributed by atoms with E-state index in [-0.39, 0.29) is 24.8 Å². The van der Waals surface area contributed by atoms with Gasteiger partial charge in [0.15, 0.2) is 0 Å². The van der Waals surface area contributed by atoms with Crippen LogP contribution >= 0.6 is 0 Å². The molecular weight excluding hydrogens is 526 g/mol. The number of rotatable bonds is 0. The molecule has 0 nitrogen and oxygen atoms in total. The van der Waals surface area contributed by atoms with E-state index in [0.29, 0.717) is 5.92 Å². The molecule has 0 amide bonds. The van der Waals surface area contributed by atoms with Crippen LogP contribution in [0.2, 0.25) is 0 Å². The molecule has 1 atom stereocenters. The Bertz CT molecular complexity index is 728. The molecule has 4 rings (SSSR count). The third-order valence-electron chi connectivity index (χ3n) is 3.71. The largest absolute Gasteiger partial charge is 1.00 e. The maximum Gasteiger partial charge on any atom is -0.0253 e. The van der Waals surface area contributed by atoms with Crippen molar-refractivity contribution in [3.8, 4) is 11.1 Å². The summed E-state index contributed by atoms with van der Waals surface area (Å²) in [6, 6.07) is 18.1. The number of benzene rings is 2. The fraction of sp³-hybridized carbons (Fsp3) is 0.261. The van der Waals surface area contributed by atoms with Gasteiger partial charge in [-0.15, -0.1) is 5.56 Å². The second-order valence-corrected chi connectivity index (χ2v) is 9.96. The molecule has 136 valence electrons. The van der Waals surface area contributed by atoms with Crippen LogP contribution in [-0.2, 0) is 30.3 Å². The van der Waals surface area contributed by atoms with Gasteiger partial charge in [0.05, 0.1) is 0 Å². The van der Waals surface area contributed by atoms with Gasteiger partial charge in [-0.1, -0.05) is 55.2 Å². The Morgan fingerprint density at radius 1 is 1.04 bits per heavy atom. The number of halogens is 2. The molecule has 0 aromatic heterocycles. The van der Waals surface area contributed by atoms with Crippen LogP contribution in [-0.4, -0.2) is 3.26 Å². The summed E-state index contributed by atoms with van der Waals surface area (Å²) >= 11 is 1.27. The SMILES string of the molecule is CC1=[C-]C(C)C=C1.C[C](C)=[Hf+2].[Cl-].[Cl-].[c-]1cccc2c1Cc1ccccc1-2. The Morgan fingerprint density at radius 2 is 1.65 bits per heavy atom. The summed E-state index contributed by atoms with van der Waals surface area (Å²) < 4.78 is 1.56. The zero-order valence-corrected chi connectivity index (χ0v) is 20.8. The van der Waals surface area contributed by atoms with Crippen molar-refractivity contribution in [3.63, 3.8) is 0 Å². The average Bonchev–Trinajstić information content (AvgIpc) is 3.10. The van der Waals surface area contributed by atoms with E-state index < -0.39 is 0 Å². The molecule has 2 aromatic carbocycles. The molecule has 0 fully saturated rings. The Hall–Kier alpha value is -0.760. The first-order chi connectivity index (χ1) is 11.5. The van der Waals surface area contributed by atoms with Crippen molar-refractivity contribution in [2.75, 3.05) is 0 Å². The summed E-state index contributed by atoms with van der Waals surface area (Å²) in [5, 5.41) is 0. The predicted molar refractivity (Wildman–Crippen MR) is 101 cm³/mol. The molecule has 0 heterocycles. The van der Waals surface area contributed by atoms with Crippen LogP contribution in [0, 0.1) is 18.1 Å². The Morgan fingerprint density at radius 3 is 2.19 bits per heavy atom. The van der Waals surface area contributed by atoms with Crippen LogP contribution in [0.25, 0.3) is 11.1 Å². The monoisotopic (exact) mass is 550 g/mol. The van der Waals surface area contributed by atoms with Gasteiger partial charge in [0.2, 0.25) is 0 Å². The minimum absolute atomic E-state index is 0. The standard InChI is InChI=1S/C13H9.C7H9.C3H6.2ClH.Hf/c1-3-7-12-10(5-1)9-11-6-2-4-8-13(11)12;1-6-3-4-7(2)5-6;1-3-2;;;/h1-5,7-8H,9H2;3-4,6H,1-2H3;1-2H3;2*1H;/q2*-1;;;;+2/p-2. The molecule has 26 heavy (non-hydrogen) atoms. The normalized spacial score (nSPS) is 14.8. The van der Waals surface area contributed by atoms with Gasteiger partial charge < -0.3 is 24.8 Å². The summed E-state index contributed by atoms with van der Waals surface area (Å²) in [6.07, 6.45) is 8.52. The van der Waals surface area contributed by atoms with Crippen LogP contribution in [0.3, 0.4) is 0 Å². The van der Waals surface area contributed by atoms with E-state index in [0.717, 1.165) is 6.42 Å². The third kappa shape index (κ3) is 7.86. The van der Waals surface area contributed by atoms with Crippen molar-refractivity contribution in [2.45, 2.75) is 34.1 Å². The molecule has 0 saturated carbocycles. The maximum absolute atomic E-state index is 3.30. The van der Waals surface area contributed by atoms with Crippen LogP contribution in [0.15, 0.2) is 60.2 Å². The zero-order chi connectivity index (χ0) is 17.5. The van der Waals surface area contributed by atoms with Gasteiger partial charge in [-0.3, -0.25) is 6.08 Å². The molecule has 2 aliphatic rings. The van der Waals surface area contributed by atoms with Crippen molar-refractivity contribution in [1.29, 1.82) is 0 Å². The molecule has 0 saturated heterocycles. The number of hydrogen-bond donors (Lipinski definition) is 0. The van der Waals surface area contributed by atoms with Crippen molar-refractivity contribution in [2.24, 2.45) is 5.92 Å². The van der Waals surface area contributed by atoms with Gasteiger partial charge in [0.25, 0.3) is 0 Å². The Balaban J connectivity index is 0.000000415. The molecule has 0 radical (unpaired) electrons. The Kier molecular flexibility index (Phi) is 12.2. The van der Waals surface area contributed by atoms with Crippen LogP contribution < -0.4 is 24.8 Å². The zero-order valence-electron chi connectivity index (χ0n) is 15.7. The fourth-order valence-corrected chi connectivity index (χ4v) is 2.74. The molecule has 2 aromatic rings. The smallest absolute Gasteiger partial charge is 0.0253 e.